The molecule has 0 bridgehead atoms. The van der Waals surface area contributed by atoms with Gasteiger partial charge in [-0.1, -0.05) is 6.07 Å². The summed E-state index contributed by atoms with van der Waals surface area (Å²) in [5.74, 6) is -2.04. The molecule has 2 rings (SSSR count). The Morgan fingerprint density at radius 2 is 1.88 bits per heavy atom. The number of hydrogen-bond donors (Lipinski definition) is 2. The molecule has 2 aromatic carbocycles. The number of carbonyl (C=O) groups excluding carboxylic acids is 1. The van der Waals surface area contributed by atoms with Gasteiger partial charge in [-0.2, -0.15) is 5.26 Å². The summed E-state index contributed by atoms with van der Waals surface area (Å²) in [4.78, 5) is 23.2. The number of benzene rings is 2. The monoisotopic (exact) mass is 364 g/mol. The van der Waals surface area contributed by atoms with Gasteiger partial charge >= 0.3 is 5.97 Å². The molecule has 9 heteroatoms. The van der Waals surface area contributed by atoms with Gasteiger partial charge in [0.15, 0.2) is 0 Å². The van der Waals surface area contributed by atoms with Crippen LogP contribution in [0.15, 0.2) is 47.4 Å². The standard InChI is InChI=1S/C15H9ClN2O5S/c16-24(22,23)11-3-1-2-10(7-11)14(19)18-13-5-4-9(8-17)6-12(13)15(20)21/h1-7H,(H,18,19)(H,20,21). The number of anilines is 1. The minimum Gasteiger partial charge on any atom is -0.478 e. The van der Waals surface area contributed by atoms with E-state index in [0.29, 0.717) is 0 Å². The molecule has 24 heavy (non-hydrogen) atoms. The van der Waals surface area contributed by atoms with E-state index < -0.39 is 20.9 Å². The Balaban J connectivity index is 2.38. The highest BCUT2D eigenvalue weighted by molar-refractivity contribution is 8.13. The van der Waals surface area contributed by atoms with E-state index in [4.69, 9.17) is 21.1 Å². The summed E-state index contributed by atoms with van der Waals surface area (Å²) in [5, 5.41) is 20.3. The molecule has 0 radical (unpaired) electrons. The molecule has 0 aliphatic rings. The molecular formula is C15H9ClN2O5S. The SMILES string of the molecule is N#Cc1ccc(NC(=O)c2cccc(S(=O)(=O)Cl)c2)c(C(=O)O)c1. The highest BCUT2D eigenvalue weighted by Crippen LogP contribution is 2.20. The number of nitrogens with zero attached hydrogens (tertiary/aromatic N) is 1. The van der Waals surface area contributed by atoms with E-state index in [0.717, 1.165) is 12.1 Å². The maximum absolute atomic E-state index is 12.2. The van der Waals surface area contributed by atoms with Crippen molar-refractivity contribution in [2.45, 2.75) is 4.90 Å². The quantitative estimate of drug-likeness (QED) is 0.803. The molecule has 0 saturated carbocycles. The summed E-state index contributed by atoms with van der Waals surface area (Å²) < 4.78 is 22.6. The maximum atomic E-state index is 12.2. The van der Waals surface area contributed by atoms with E-state index in [9.17, 15) is 18.0 Å². The van der Waals surface area contributed by atoms with Crippen LogP contribution in [0.25, 0.3) is 0 Å². The molecule has 0 fully saturated rings. The van der Waals surface area contributed by atoms with Crippen molar-refractivity contribution in [3.05, 3.63) is 59.2 Å². The lowest BCUT2D eigenvalue weighted by atomic mass is 10.1. The van der Waals surface area contributed by atoms with Crippen LogP contribution in [0.2, 0.25) is 0 Å². The van der Waals surface area contributed by atoms with Gasteiger partial charge in [0.2, 0.25) is 0 Å². The van der Waals surface area contributed by atoms with Crippen molar-refractivity contribution in [3.8, 4) is 6.07 Å². The zero-order valence-corrected chi connectivity index (χ0v) is 13.4. The van der Waals surface area contributed by atoms with E-state index in [2.05, 4.69) is 5.32 Å². The van der Waals surface area contributed by atoms with Crippen LogP contribution in [0.4, 0.5) is 5.69 Å². The molecule has 0 spiro atoms. The summed E-state index contributed by atoms with van der Waals surface area (Å²) in [6.07, 6.45) is 0. The lowest BCUT2D eigenvalue weighted by Crippen LogP contribution is -2.15. The lowest BCUT2D eigenvalue weighted by Gasteiger charge is -2.09. The summed E-state index contributed by atoms with van der Waals surface area (Å²) in [6, 6.07) is 10.5. The first kappa shape index (κ1) is 17.5. The average molecular weight is 365 g/mol. The molecule has 122 valence electrons. The second-order valence-electron chi connectivity index (χ2n) is 4.60. The van der Waals surface area contributed by atoms with Gasteiger partial charge in [0.25, 0.3) is 15.0 Å². The average Bonchev–Trinajstić information content (AvgIpc) is 2.54. The van der Waals surface area contributed by atoms with Crippen molar-refractivity contribution in [1.82, 2.24) is 0 Å². The maximum Gasteiger partial charge on any atom is 0.337 e. The van der Waals surface area contributed by atoms with Crippen LogP contribution in [0, 0.1) is 11.3 Å². The Bertz CT molecular complexity index is 980. The molecule has 0 aliphatic heterocycles. The number of hydrogen-bond acceptors (Lipinski definition) is 5. The van der Waals surface area contributed by atoms with Crippen molar-refractivity contribution in [3.63, 3.8) is 0 Å². The largest absolute Gasteiger partial charge is 0.478 e. The molecule has 0 aromatic heterocycles. The van der Waals surface area contributed by atoms with E-state index in [-0.39, 0.29) is 27.3 Å². The Hall–Kier alpha value is -2.89. The molecule has 0 aliphatic carbocycles. The first-order chi connectivity index (χ1) is 11.2. The van der Waals surface area contributed by atoms with Gasteiger partial charge < -0.3 is 10.4 Å². The number of carboxylic acids is 1. The van der Waals surface area contributed by atoms with Crippen LogP contribution >= 0.6 is 10.7 Å². The second-order valence-corrected chi connectivity index (χ2v) is 7.16. The summed E-state index contributed by atoms with van der Waals surface area (Å²) in [7, 11) is 1.23. The highest BCUT2D eigenvalue weighted by Gasteiger charge is 2.17. The third-order valence-corrected chi connectivity index (χ3v) is 4.36. The minimum absolute atomic E-state index is 0.0163. The number of amides is 1. The zero-order valence-electron chi connectivity index (χ0n) is 11.9. The van der Waals surface area contributed by atoms with Crippen LogP contribution in [0.1, 0.15) is 26.3 Å². The Kier molecular flexibility index (Phi) is 4.87. The number of halogens is 1. The molecule has 0 atom stereocenters. The first-order valence-corrected chi connectivity index (χ1v) is 8.67. The highest BCUT2D eigenvalue weighted by atomic mass is 35.7. The Morgan fingerprint density at radius 3 is 2.46 bits per heavy atom. The molecule has 1 amide bonds. The van der Waals surface area contributed by atoms with Crippen LogP contribution in [-0.2, 0) is 9.05 Å². The fourth-order valence-electron chi connectivity index (χ4n) is 1.88. The summed E-state index contributed by atoms with van der Waals surface area (Å²) in [6.45, 7) is 0. The van der Waals surface area contributed by atoms with E-state index in [1.165, 1.54) is 30.3 Å². The van der Waals surface area contributed by atoms with Gasteiger partial charge in [0.1, 0.15) is 0 Å². The summed E-state index contributed by atoms with van der Waals surface area (Å²) in [5.41, 5.74) is -0.174. The Morgan fingerprint density at radius 1 is 1.17 bits per heavy atom. The van der Waals surface area contributed by atoms with Crippen molar-refractivity contribution in [2.24, 2.45) is 0 Å². The van der Waals surface area contributed by atoms with Gasteiger partial charge in [0.05, 0.1) is 27.8 Å². The van der Waals surface area contributed by atoms with Gasteiger partial charge in [0, 0.05) is 16.2 Å². The van der Waals surface area contributed by atoms with Crippen molar-refractivity contribution < 1.29 is 23.1 Å². The molecule has 2 aromatic rings. The number of rotatable bonds is 4. The minimum atomic E-state index is -4.00. The van der Waals surface area contributed by atoms with Gasteiger partial charge in [-0.15, -0.1) is 0 Å². The predicted octanol–water partition coefficient (Wildman–Crippen LogP) is 2.44. The van der Waals surface area contributed by atoms with Gasteiger partial charge in [-0.3, -0.25) is 4.79 Å². The fraction of sp³-hybridized carbons (Fsp3) is 0. The normalized spacial score (nSPS) is 10.7. The zero-order chi connectivity index (χ0) is 17.9. The fourth-order valence-corrected chi connectivity index (χ4v) is 2.68. The number of aromatic carboxylic acids is 1. The molecule has 0 saturated heterocycles. The molecule has 2 N–H and O–H groups in total. The molecule has 0 heterocycles. The van der Waals surface area contributed by atoms with Crippen molar-refractivity contribution in [1.29, 1.82) is 5.26 Å². The third-order valence-electron chi connectivity index (χ3n) is 3.01. The topological polar surface area (TPSA) is 124 Å². The molecular weight excluding hydrogens is 356 g/mol. The van der Waals surface area contributed by atoms with Gasteiger partial charge in [-0.05, 0) is 36.4 Å². The number of carbonyl (C=O) groups is 2. The number of carboxylic acid groups (broad SMARTS) is 1. The van der Waals surface area contributed by atoms with Crippen molar-refractivity contribution >= 4 is 37.3 Å². The third kappa shape index (κ3) is 3.90. The molecule has 7 nitrogen and oxygen atoms in total. The van der Waals surface area contributed by atoms with E-state index in [1.807, 2.05) is 0 Å². The second kappa shape index (κ2) is 6.70. The van der Waals surface area contributed by atoms with Gasteiger partial charge in [-0.25, -0.2) is 13.2 Å². The first-order valence-electron chi connectivity index (χ1n) is 6.36. The van der Waals surface area contributed by atoms with Crippen LogP contribution in [-0.4, -0.2) is 25.4 Å². The lowest BCUT2D eigenvalue weighted by molar-refractivity contribution is 0.0698. The number of nitrogens with one attached hydrogen (secondary N) is 1. The van der Waals surface area contributed by atoms with Crippen LogP contribution < -0.4 is 5.32 Å². The van der Waals surface area contributed by atoms with E-state index >= 15 is 0 Å². The smallest absolute Gasteiger partial charge is 0.337 e. The summed E-state index contributed by atoms with van der Waals surface area (Å²) >= 11 is 0. The van der Waals surface area contributed by atoms with Crippen LogP contribution in [0.3, 0.4) is 0 Å². The number of nitriles is 1. The van der Waals surface area contributed by atoms with Crippen molar-refractivity contribution in [2.75, 3.05) is 5.32 Å². The van der Waals surface area contributed by atoms with E-state index in [1.54, 1.807) is 6.07 Å². The Labute approximate surface area is 141 Å². The predicted molar refractivity (Wildman–Crippen MR) is 85.6 cm³/mol. The molecule has 0 unspecified atom stereocenters. The van der Waals surface area contributed by atoms with Crippen LogP contribution in [0.5, 0.6) is 0 Å².